The molecule has 0 aliphatic carbocycles. The molecular weight excluding hydrogens is 790 g/mol. The van der Waals surface area contributed by atoms with Gasteiger partial charge in [-0.2, -0.15) is 0 Å². The SMILES string of the molecule is Cc1cccc(NC(=O)[C@@H](CO)NC(=O)OC(C)(C)C)c1.Cc1cccc(NC(=O)[C@H](N)COP(=O)(O)O)c1.Cc1cccc(NC(=O)[C@H](N)COP(=O)(O)O)c1. The summed E-state index contributed by atoms with van der Waals surface area (Å²) in [6.45, 7) is 9.16. The number of benzene rings is 3. The van der Waals surface area contributed by atoms with Crippen molar-refractivity contribution in [2.45, 2.75) is 65.3 Å². The molecule has 0 fully saturated rings. The Kier molecular flexibility index (Phi) is 20.9. The van der Waals surface area contributed by atoms with E-state index >= 15 is 0 Å². The molecule has 57 heavy (non-hydrogen) atoms. The summed E-state index contributed by atoms with van der Waals surface area (Å²) in [4.78, 5) is 80.7. The number of aryl methyl sites for hydroxylation is 3. The lowest BCUT2D eigenvalue weighted by Crippen LogP contribution is -2.47. The topological polar surface area (TPSA) is 331 Å². The lowest BCUT2D eigenvalue weighted by atomic mass is 10.2. The predicted octanol–water partition coefficient (Wildman–Crippen LogP) is 2.56. The van der Waals surface area contributed by atoms with E-state index in [1.807, 2.05) is 39.0 Å². The number of hydrogen-bond acceptors (Lipinski definition) is 12. The summed E-state index contributed by atoms with van der Waals surface area (Å²) in [7, 11) is -9.22. The first-order valence-electron chi connectivity index (χ1n) is 16.9. The van der Waals surface area contributed by atoms with Gasteiger partial charge in [-0.1, -0.05) is 36.4 Å². The molecule has 0 unspecified atom stereocenters. The van der Waals surface area contributed by atoms with Crippen LogP contribution in [0.3, 0.4) is 0 Å². The van der Waals surface area contributed by atoms with E-state index in [1.165, 1.54) is 0 Å². The Morgan fingerprint density at radius 3 is 1.26 bits per heavy atom. The van der Waals surface area contributed by atoms with Gasteiger partial charge in [0, 0.05) is 17.1 Å². The highest BCUT2D eigenvalue weighted by Crippen LogP contribution is 2.36. The molecule has 3 rings (SSSR count). The zero-order chi connectivity index (χ0) is 43.6. The van der Waals surface area contributed by atoms with Crippen LogP contribution in [0.5, 0.6) is 0 Å². The molecule has 22 heteroatoms. The second-order valence-corrected chi connectivity index (χ2v) is 15.7. The smallest absolute Gasteiger partial charge is 0.444 e. The molecule has 20 nitrogen and oxygen atoms in total. The molecule has 316 valence electrons. The van der Waals surface area contributed by atoms with E-state index in [0.717, 1.165) is 16.7 Å². The third kappa shape index (κ3) is 24.0. The number of amides is 4. The zero-order valence-corrected chi connectivity index (χ0v) is 34.0. The largest absolute Gasteiger partial charge is 0.469 e. The average Bonchev–Trinajstić information content (AvgIpc) is 3.07. The number of hydrogen-bond donors (Lipinski definition) is 11. The van der Waals surface area contributed by atoms with Gasteiger partial charge in [-0.15, -0.1) is 0 Å². The number of aliphatic hydroxyl groups excluding tert-OH is 1. The van der Waals surface area contributed by atoms with Crippen molar-refractivity contribution < 1.29 is 66.8 Å². The third-order valence-electron chi connectivity index (χ3n) is 6.56. The van der Waals surface area contributed by atoms with Crippen LogP contribution >= 0.6 is 15.6 Å². The highest BCUT2D eigenvalue weighted by atomic mass is 31.2. The lowest BCUT2D eigenvalue weighted by Gasteiger charge is -2.22. The minimum Gasteiger partial charge on any atom is -0.444 e. The molecule has 0 saturated heterocycles. The normalized spacial score (nSPS) is 12.9. The third-order valence-corrected chi connectivity index (χ3v) is 7.54. The average molecular weight is 843 g/mol. The summed E-state index contributed by atoms with van der Waals surface area (Å²) >= 11 is 0. The number of carbonyl (C=O) groups excluding carboxylic acids is 4. The standard InChI is InChI=1S/C15H22N2O4.2C10H15N2O5P/c1-10-6-5-7-11(8-10)16-13(19)12(9-18)17-14(20)21-15(2,3)4;2*1-7-3-2-4-8(5-7)12-10(13)9(11)6-17-18(14,15)16/h5-8,12,18H,9H2,1-4H3,(H,16,19)(H,17,20);2*2-5,9H,6,11H2,1H3,(H,12,13)(H2,14,15,16)/t12-;2*9-/m111/s1. The number of alkyl carbamates (subject to hydrolysis) is 1. The van der Waals surface area contributed by atoms with Crippen LogP contribution < -0.4 is 32.7 Å². The fourth-order valence-corrected chi connectivity index (χ4v) is 4.73. The number of phosphoric ester groups is 2. The maximum absolute atomic E-state index is 12.0. The quantitative estimate of drug-likeness (QED) is 0.104. The van der Waals surface area contributed by atoms with Crippen molar-refractivity contribution >= 4 is 56.5 Å². The fraction of sp³-hybridized carbons (Fsp3) is 0.371. The zero-order valence-electron chi connectivity index (χ0n) is 32.2. The molecule has 0 bridgehead atoms. The van der Waals surface area contributed by atoms with Gasteiger partial charge in [0.05, 0.1) is 19.8 Å². The van der Waals surface area contributed by atoms with Gasteiger partial charge in [0.2, 0.25) is 17.7 Å². The van der Waals surface area contributed by atoms with E-state index in [1.54, 1.807) is 75.4 Å². The van der Waals surface area contributed by atoms with Gasteiger partial charge < -0.3 is 62.2 Å². The van der Waals surface area contributed by atoms with Gasteiger partial charge in [0.15, 0.2) is 0 Å². The van der Waals surface area contributed by atoms with Crippen molar-refractivity contribution in [2.24, 2.45) is 11.5 Å². The van der Waals surface area contributed by atoms with Crippen molar-refractivity contribution in [1.29, 1.82) is 0 Å². The van der Waals surface area contributed by atoms with Gasteiger partial charge in [-0.3, -0.25) is 23.4 Å². The maximum Gasteiger partial charge on any atom is 0.469 e. The van der Waals surface area contributed by atoms with E-state index in [4.69, 9.17) is 35.8 Å². The minimum atomic E-state index is -4.61. The van der Waals surface area contributed by atoms with Gasteiger partial charge in [0.1, 0.15) is 23.7 Å². The van der Waals surface area contributed by atoms with E-state index in [9.17, 15) is 33.4 Å². The Bertz CT molecular complexity index is 1790. The molecule has 0 saturated carbocycles. The van der Waals surface area contributed by atoms with Crippen molar-refractivity contribution in [3.63, 3.8) is 0 Å². The molecule has 0 spiro atoms. The molecule has 3 aromatic rings. The van der Waals surface area contributed by atoms with E-state index in [0.29, 0.717) is 17.1 Å². The second kappa shape index (κ2) is 23.6. The van der Waals surface area contributed by atoms with Gasteiger partial charge in [-0.05, 0) is 94.6 Å². The van der Waals surface area contributed by atoms with E-state index in [2.05, 4.69) is 30.3 Å². The number of rotatable bonds is 14. The number of ether oxygens (including phenoxy) is 1. The molecule has 0 heterocycles. The van der Waals surface area contributed by atoms with Crippen LogP contribution in [0.25, 0.3) is 0 Å². The number of anilines is 3. The molecule has 3 atom stereocenters. The van der Waals surface area contributed by atoms with Crippen molar-refractivity contribution in [2.75, 3.05) is 35.8 Å². The van der Waals surface area contributed by atoms with Crippen molar-refractivity contribution in [1.82, 2.24) is 5.32 Å². The Morgan fingerprint density at radius 2 is 0.982 bits per heavy atom. The molecule has 13 N–H and O–H groups in total. The monoisotopic (exact) mass is 842 g/mol. The first-order valence-corrected chi connectivity index (χ1v) is 20.0. The molecule has 0 aliphatic heterocycles. The van der Waals surface area contributed by atoms with Crippen LogP contribution in [-0.4, -0.2) is 92.0 Å². The van der Waals surface area contributed by atoms with Crippen molar-refractivity contribution in [3.8, 4) is 0 Å². The first kappa shape index (κ1) is 50.5. The highest BCUT2D eigenvalue weighted by Gasteiger charge is 2.24. The predicted molar refractivity (Wildman–Crippen MR) is 212 cm³/mol. The Balaban J connectivity index is 0.000000429. The fourth-order valence-electron chi connectivity index (χ4n) is 4.02. The van der Waals surface area contributed by atoms with Crippen molar-refractivity contribution in [3.05, 3.63) is 89.5 Å². The van der Waals surface area contributed by atoms with Crippen LogP contribution in [0.4, 0.5) is 21.9 Å². The first-order chi connectivity index (χ1) is 26.3. The Morgan fingerprint density at radius 1 is 0.649 bits per heavy atom. The molecule has 4 amide bonds. The van der Waals surface area contributed by atoms with E-state index in [-0.39, 0.29) is 0 Å². The summed E-state index contributed by atoms with van der Waals surface area (Å²) < 4.78 is 34.2. The van der Waals surface area contributed by atoms with Crippen LogP contribution in [-0.2, 0) is 37.3 Å². The van der Waals surface area contributed by atoms with E-state index < -0.39 is 83.0 Å². The lowest BCUT2D eigenvalue weighted by molar-refractivity contribution is -0.119. The summed E-state index contributed by atoms with van der Waals surface area (Å²) in [5.41, 5.74) is 14.8. The second-order valence-electron chi connectivity index (χ2n) is 13.2. The summed E-state index contributed by atoms with van der Waals surface area (Å²) in [5.74, 6) is -1.66. The summed E-state index contributed by atoms with van der Waals surface area (Å²) in [6.07, 6.45) is -0.749. The van der Waals surface area contributed by atoms with Gasteiger partial charge in [0.25, 0.3) is 0 Å². The number of nitrogens with two attached hydrogens (primary N) is 2. The number of aliphatic hydroxyl groups is 1. The minimum absolute atomic E-state index is 0.506. The summed E-state index contributed by atoms with van der Waals surface area (Å²) in [5, 5.41) is 19.3. The number of phosphoric acid groups is 2. The number of carbonyl (C=O) groups is 4. The molecule has 0 radical (unpaired) electrons. The Labute approximate surface area is 330 Å². The van der Waals surface area contributed by atoms with Crippen LogP contribution in [0.15, 0.2) is 72.8 Å². The number of nitrogens with one attached hydrogen (secondary N) is 4. The van der Waals surface area contributed by atoms with Crippen LogP contribution in [0.1, 0.15) is 37.5 Å². The highest BCUT2D eigenvalue weighted by molar-refractivity contribution is 7.46. The van der Waals surface area contributed by atoms with Crippen LogP contribution in [0.2, 0.25) is 0 Å². The summed E-state index contributed by atoms with van der Waals surface area (Å²) in [6, 6.07) is 18.0. The van der Waals surface area contributed by atoms with Gasteiger partial charge >= 0.3 is 21.7 Å². The molecule has 3 aromatic carbocycles. The Hall–Kier alpha value is -4.56. The van der Waals surface area contributed by atoms with Crippen LogP contribution in [0, 0.1) is 20.8 Å². The molecular formula is C35H52N6O14P2. The van der Waals surface area contributed by atoms with Gasteiger partial charge in [-0.25, -0.2) is 13.9 Å². The molecule has 0 aliphatic rings. The maximum atomic E-state index is 12.0. The molecule has 0 aromatic heterocycles.